The second kappa shape index (κ2) is 6.89. The summed E-state index contributed by atoms with van der Waals surface area (Å²) in [4.78, 5) is 12.6. The van der Waals surface area contributed by atoms with E-state index in [0.717, 1.165) is 0 Å². The number of carbonyl (C=O) groups is 1. The van der Waals surface area contributed by atoms with Crippen LogP contribution < -0.4 is 5.73 Å². The van der Waals surface area contributed by atoms with Gasteiger partial charge in [0.05, 0.1) is 1.37 Å². The maximum atomic E-state index is 12.6. The second-order valence-corrected chi connectivity index (χ2v) is 7.72. The summed E-state index contributed by atoms with van der Waals surface area (Å²) < 4.78 is 43.5. The van der Waals surface area contributed by atoms with Gasteiger partial charge in [-0.3, -0.25) is 4.79 Å². The number of hydrogen-bond acceptors (Lipinski definition) is 6. The molecule has 0 radical (unpaired) electrons. The van der Waals surface area contributed by atoms with Gasteiger partial charge in [0.25, 0.3) is 0 Å². The van der Waals surface area contributed by atoms with Crippen LogP contribution in [0.5, 0.6) is 0 Å². The minimum Gasteiger partial charge on any atom is -0.460 e. The zero-order valence-electron chi connectivity index (χ0n) is 13.8. The van der Waals surface area contributed by atoms with Crippen molar-refractivity contribution in [3.8, 4) is 0 Å². The number of benzene rings is 2. The van der Waals surface area contributed by atoms with Gasteiger partial charge in [0.1, 0.15) is 5.75 Å². The van der Waals surface area contributed by atoms with Crippen LogP contribution in [0.3, 0.4) is 0 Å². The third-order valence-corrected chi connectivity index (χ3v) is 4.93. The zero-order valence-corrected chi connectivity index (χ0v) is 15.2. The van der Waals surface area contributed by atoms with Gasteiger partial charge in [0, 0.05) is 10.0 Å². The molecule has 8 heteroatoms. The van der Waals surface area contributed by atoms with Gasteiger partial charge in [-0.15, -0.1) is 0 Å². The Morgan fingerprint density at radius 2 is 1.92 bits per heavy atom. The van der Waals surface area contributed by atoms with E-state index in [1.165, 1.54) is 12.1 Å². The molecule has 1 aliphatic rings. The van der Waals surface area contributed by atoms with Crippen molar-refractivity contribution in [1.29, 1.82) is 0 Å². The Bertz CT molecular complexity index is 993. The molecular formula is C17H14BrNO5S. The number of carbonyl (C=O) groups excluding carboxylic acids is 1. The Balaban J connectivity index is 1.85. The van der Waals surface area contributed by atoms with Crippen LogP contribution >= 0.6 is 15.9 Å². The third kappa shape index (κ3) is 4.02. The summed E-state index contributed by atoms with van der Waals surface area (Å²) in [5.74, 6) is -2.65. The SMILES string of the molecule is [2H]C1(c2cccc(Br)c2)OC(N)=C(OS(=O)(=O)Cc2ccccc2)C1=O. The molecule has 0 spiro atoms. The molecule has 2 aromatic rings. The molecule has 130 valence electrons. The first kappa shape index (κ1) is 16.2. The molecule has 0 amide bonds. The van der Waals surface area contributed by atoms with Crippen molar-refractivity contribution in [2.75, 3.05) is 0 Å². The second-order valence-electron chi connectivity index (χ2n) is 5.23. The van der Waals surface area contributed by atoms with Gasteiger partial charge in [-0.1, -0.05) is 58.4 Å². The predicted molar refractivity (Wildman–Crippen MR) is 94.3 cm³/mol. The largest absolute Gasteiger partial charge is 0.460 e. The molecule has 1 aliphatic heterocycles. The fourth-order valence-electron chi connectivity index (χ4n) is 2.25. The van der Waals surface area contributed by atoms with Crippen LogP contribution in [0.1, 0.15) is 18.6 Å². The summed E-state index contributed by atoms with van der Waals surface area (Å²) in [6, 6.07) is 14.7. The van der Waals surface area contributed by atoms with Crippen LogP contribution in [-0.4, -0.2) is 14.2 Å². The van der Waals surface area contributed by atoms with Crippen molar-refractivity contribution < 1.29 is 23.5 Å². The molecule has 6 nitrogen and oxygen atoms in total. The molecular weight excluding hydrogens is 410 g/mol. The van der Waals surface area contributed by atoms with E-state index < -0.39 is 39.4 Å². The summed E-state index contributed by atoms with van der Waals surface area (Å²) in [7, 11) is -4.16. The first-order valence-electron chi connectivity index (χ1n) is 7.67. The average molecular weight is 425 g/mol. The maximum absolute atomic E-state index is 12.6. The molecule has 0 saturated heterocycles. The molecule has 1 heterocycles. The number of ether oxygens (including phenoxy) is 1. The predicted octanol–water partition coefficient (Wildman–Crippen LogP) is 2.76. The first-order chi connectivity index (χ1) is 12.2. The van der Waals surface area contributed by atoms with Crippen LogP contribution in [0.4, 0.5) is 0 Å². The lowest BCUT2D eigenvalue weighted by molar-refractivity contribution is -0.123. The standard InChI is InChI=1S/C17H14BrNO5S/c18-13-8-4-7-12(9-13)15-14(20)16(17(19)23-15)24-25(21,22)10-11-5-2-1-3-6-11/h1-9,15H,10,19H2/i15D. The van der Waals surface area contributed by atoms with E-state index in [1.807, 2.05) is 0 Å². The highest BCUT2D eigenvalue weighted by atomic mass is 79.9. The van der Waals surface area contributed by atoms with Gasteiger partial charge in [-0.05, 0) is 17.7 Å². The highest BCUT2D eigenvalue weighted by Gasteiger charge is 2.39. The van der Waals surface area contributed by atoms with Gasteiger partial charge >= 0.3 is 10.1 Å². The molecule has 1 atom stereocenters. The van der Waals surface area contributed by atoms with E-state index in [9.17, 15) is 13.2 Å². The van der Waals surface area contributed by atoms with Crippen molar-refractivity contribution >= 4 is 31.8 Å². The van der Waals surface area contributed by atoms with Crippen molar-refractivity contribution in [1.82, 2.24) is 0 Å². The van der Waals surface area contributed by atoms with Crippen molar-refractivity contribution in [2.45, 2.75) is 11.8 Å². The monoisotopic (exact) mass is 424 g/mol. The van der Waals surface area contributed by atoms with E-state index in [-0.39, 0.29) is 5.56 Å². The minimum atomic E-state index is -4.16. The lowest BCUT2D eigenvalue weighted by atomic mass is 10.1. The van der Waals surface area contributed by atoms with E-state index in [0.29, 0.717) is 10.0 Å². The Hall–Kier alpha value is -2.32. The molecule has 0 aliphatic carbocycles. The molecule has 0 bridgehead atoms. The van der Waals surface area contributed by atoms with Crippen LogP contribution in [-0.2, 0) is 29.6 Å². The third-order valence-electron chi connectivity index (χ3n) is 3.33. The highest BCUT2D eigenvalue weighted by molar-refractivity contribution is 9.10. The molecule has 0 saturated carbocycles. The number of hydrogen-bond donors (Lipinski definition) is 1. The maximum Gasteiger partial charge on any atom is 0.313 e. The molecule has 1 unspecified atom stereocenters. The number of Topliss-reactive ketones (excluding diaryl/α,β-unsaturated/α-hetero) is 1. The van der Waals surface area contributed by atoms with Gasteiger partial charge in [-0.2, -0.15) is 8.42 Å². The van der Waals surface area contributed by atoms with Crippen LogP contribution in [0, 0.1) is 0 Å². The smallest absolute Gasteiger partial charge is 0.313 e. The minimum absolute atomic E-state index is 0.193. The van der Waals surface area contributed by atoms with Gasteiger partial charge in [-0.25, -0.2) is 0 Å². The molecule has 2 N–H and O–H groups in total. The summed E-state index contributed by atoms with van der Waals surface area (Å²) >= 11 is 3.25. The normalized spacial score (nSPS) is 21.0. The van der Waals surface area contributed by atoms with E-state index in [2.05, 4.69) is 15.9 Å². The van der Waals surface area contributed by atoms with Crippen molar-refractivity contribution in [3.63, 3.8) is 0 Å². The fraction of sp³-hybridized carbons (Fsp3) is 0.118. The Labute approximate surface area is 154 Å². The van der Waals surface area contributed by atoms with E-state index >= 15 is 0 Å². The Kier molecular flexibility index (Phi) is 4.46. The number of rotatable bonds is 5. The first-order valence-corrected chi connectivity index (χ1v) is 9.54. The molecule has 0 aromatic heterocycles. The van der Waals surface area contributed by atoms with Gasteiger partial charge in [0.2, 0.25) is 17.4 Å². The molecule has 3 rings (SSSR count). The lowest BCUT2D eigenvalue weighted by Gasteiger charge is -2.10. The fourth-order valence-corrected chi connectivity index (χ4v) is 3.72. The van der Waals surface area contributed by atoms with Crippen LogP contribution in [0.2, 0.25) is 0 Å². The zero-order chi connectivity index (χ0) is 18.9. The highest BCUT2D eigenvalue weighted by Crippen LogP contribution is 2.33. The quantitative estimate of drug-likeness (QED) is 0.741. The Morgan fingerprint density at radius 1 is 1.20 bits per heavy atom. The van der Waals surface area contributed by atoms with E-state index in [1.54, 1.807) is 42.5 Å². The average Bonchev–Trinajstić information content (AvgIpc) is 2.79. The number of ketones is 1. The molecule has 25 heavy (non-hydrogen) atoms. The molecule has 2 aromatic carbocycles. The van der Waals surface area contributed by atoms with Crippen molar-refractivity contribution in [2.24, 2.45) is 5.73 Å². The Morgan fingerprint density at radius 3 is 2.60 bits per heavy atom. The van der Waals surface area contributed by atoms with Crippen LogP contribution in [0.15, 0.2) is 70.7 Å². The lowest BCUT2D eigenvalue weighted by Crippen LogP contribution is -2.16. The van der Waals surface area contributed by atoms with Gasteiger partial charge < -0.3 is 14.7 Å². The number of halogens is 1. The van der Waals surface area contributed by atoms with Gasteiger partial charge in [0.15, 0.2) is 6.08 Å². The topological polar surface area (TPSA) is 95.7 Å². The number of nitrogens with two attached hydrogens (primary N) is 1. The summed E-state index contributed by atoms with van der Waals surface area (Å²) in [6.07, 6.45) is -2.20. The summed E-state index contributed by atoms with van der Waals surface area (Å²) in [6.45, 7) is 0. The summed E-state index contributed by atoms with van der Waals surface area (Å²) in [5.41, 5.74) is 6.32. The summed E-state index contributed by atoms with van der Waals surface area (Å²) in [5, 5.41) is 0. The van der Waals surface area contributed by atoms with Crippen LogP contribution in [0.25, 0.3) is 0 Å². The van der Waals surface area contributed by atoms with E-state index in [4.69, 9.17) is 16.0 Å². The van der Waals surface area contributed by atoms with Crippen molar-refractivity contribution in [3.05, 3.63) is 81.8 Å². The molecule has 0 fully saturated rings.